The van der Waals surface area contributed by atoms with Gasteiger partial charge in [-0.3, -0.25) is 0 Å². The molecule has 0 spiro atoms. The summed E-state index contributed by atoms with van der Waals surface area (Å²) in [6.45, 7) is 10.9. The van der Waals surface area contributed by atoms with E-state index in [1.165, 1.54) is 44.1 Å². The van der Waals surface area contributed by atoms with Crippen LogP contribution in [0.3, 0.4) is 0 Å². The molecule has 0 bridgehead atoms. The van der Waals surface area contributed by atoms with Crippen molar-refractivity contribution in [1.29, 1.82) is 0 Å². The molecule has 0 rings (SSSR count). The first-order valence-electron chi connectivity index (χ1n) is 5.37. The van der Waals surface area contributed by atoms with E-state index in [2.05, 4.69) is 27.4 Å². The molecular weight excluding hydrogens is 144 g/mol. The van der Waals surface area contributed by atoms with Gasteiger partial charge in [0.1, 0.15) is 0 Å². The number of allylic oxidation sites excluding steroid dienone is 1. The molecule has 0 amide bonds. The van der Waals surface area contributed by atoms with Gasteiger partial charge in [0.25, 0.3) is 0 Å². The zero-order chi connectivity index (χ0) is 9.40. The van der Waals surface area contributed by atoms with Crippen LogP contribution < -0.4 is 0 Å². The summed E-state index contributed by atoms with van der Waals surface area (Å²) in [5.41, 5.74) is 1.46. The van der Waals surface area contributed by atoms with Crippen molar-refractivity contribution in [2.75, 3.05) is 0 Å². The number of unbranched alkanes of at least 4 members (excludes halogenated alkanes) is 2. The first kappa shape index (κ1) is 11.7. The second-order valence-corrected chi connectivity index (χ2v) is 3.92. The van der Waals surface area contributed by atoms with Crippen LogP contribution in [0.15, 0.2) is 12.2 Å². The third-order valence-corrected chi connectivity index (χ3v) is 2.47. The molecule has 0 fully saturated rings. The summed E-state index contributed by atoms with van der Waals surface area (Å²) in [6, 6.07) is 0. The molecular formula is C12H24. The average Bonchev–Trinajstić information content (AvgIpc) is 2.05. The molecule has 0 nitrogen and oxygen atoms in total. The van der Waals surface area contributed by atoms with Crippen LogP contribution in [0.4, 0.5) is 0 Å². The molecule has 0 aromatic heterocycles. The van der Waals surface area contributed by atoms with Gasteiger partial charge in [-0.15, -0.1) is 0 Å². The highest BCUT2D eigenvalue weighted by Crippen LogP contribution is 2.17. The van der Waals surface area contributed by atoms with Gasteiger partial charge in [-0.2, -0.15) is 0 Å². The lowest BCUT2D eigenvalue weighted by molar-refractivity contribution is 0.541. The third-order valence-electron chi connectivity index (χ3n) is 2.47. The van der Waals surface area contributed by atoms with Gasteiger partial charge < -0.3 is 0 Å². The molecule has 0 saturated carbocycles. The molecule has 0 aliphatic rings. The molecule has 1 unspecified atom stereocenters. The van der Waals surface area contributed by atoms with Gasteiger partial charge in [0.2, 0.25) is 0 Å². The number of rotatable bonds is 7. The summed E-state index contributed by atoms with van der Waals surface area (Å²) in [5, 5.41) is 0. The molecule has 0 aromatic carbocycles. The fraction of sp³-hybridized carbons (Fsp3) is 0.833. The second kappa shape index (κ2) is 7.39. The lowest BCUT2D eigenvalue weighted by Gasteiger charge is -2.10. The quantitative estimate of drug-likeness (QED) is 0.386. The van der Waals surface area contributed by atoms with Crippen LogP contribution in [0.5, 0.6) is 0 Å². The van der Waals surface area contributed by atoms with Crippen molar-refractivity contribution in [2.24, 2.45) is 5.92 Å². The van der Waals surface area contributed by atoms with Gasteiger partial charge >= 0.3 is 0 Å². The topological polar surface area (TPSA) is 0 Å². The Morgan fingerprint density at radius 2 is 1.92 bits per heavy atom. The standard InChI is InChI=1S/C12H24/c1-5-7-8-9-12(4)10-11(3)6-2/h11H,4-10H2,1-3H3. The Morgan fingerprint density at radius 3 is 2.42 bits per heavy atom. The van der Waals surface area contributed by atoms with Crippen LogP contribution >= 0.6 is 0 Å². The van der Waals surface area contributed by atoms with Gasteiger partial charge in [-0.1, -0.05) is 52.2 Å². The summed E-state index contributed by atoms with van der Waals surface area (Å²) in [7, 11) is 0. The molecule has 0 aliphatic heterocycles. The van der Waals surface area contributed by atoms with Crippen molar-refractivity contribution in [3.05, 3.63) is 12.2 Å². The fourth-order valence-electron chi connectivity index (χ4n) is 1.36. The van der Waals surface area contributed by atoms with E-state index in [0.29, 0.717) is 0 Å². The predicted molar refractivity (Wildman–Crippen MR) is 57.4 cm³/mol. The summed E-state index contributed by atoms with van der Waals surface area (Å²) < 4.78 is 0. The van der Waals surface area contributed by atoms with Gasteiger partial charge in [0.15, 0.2) is 0 Å². The summed E-state index contributed by atoms with van der Waals surface area (Å²) >= 11 is 0. The summed E-state index contributed by atoms with van der Waals surface area (Å²) in [4.78, 5) is 0. The van der Waals surface area contributed by atoms with Crippen LogP contribution in [0.2, 0.25) is 0 Å². The van der Waals surface area contributed by atoms with Gasteiger partial charge in [0, 0.05) is 0 Å². The Morgan fingerprint density at radius 1 is 1.25 bits per heavy atom. The Hall–Kier alpha value is -0.260. The highest BCUT2D eigenvalue weighted by Gasteiger charge is 2.01. The molecule has 0 N–H and O–H groups in total. The van der Waals surface area contributed by atoms with Gasteiger partial charge in [-0.25, -0.2) is 0 Å². The van der Waals surface area contributed by atoms with Crippen molar-refractivity contribution in [3.63, 3.8) is 0 Å². The van der Waals surface area contributed by atoms with E-state index in [-0.39, 0.29) is 0 Å². The molecule has 0 heteroatoms. The Balaban J connectivity index is 3.33. The molecule has 72 valence electrons. The highest BCUT2D eigenvalue weighted by atomic mass is 14.1. The number of hydrogen-bond acceptors (Lipinski definition) is 0. The Labute approximate surface area is 78.1 Å². The van der Waals surface area contributed by atoms with Crippen LogP contribution in [0.25, 0.3) is 0 Å². The monoisotopic (exact) mass is 168 g/mol. The minimum Gasteiger partial charge on any atom is -0.0999 e. The van der Waals surface area contributed by atoms with Crippen LogP contribution in [-0.2, 0) is 0 Å². The zero-order valence-electron chi connectivity index (χ0n) is 9.03. The average molecular weight is 168 g/mol. The smallest absolute Gasteiger partial charge is 0.0297 e. The normalized spacial score (nSPS) is 12.9. The highest BCUT2D eigenvalue weighted by molar-refractivity contribution is 4.94. The largest absolute Gasteiger partial charge is 0.0999 e. The maximum absolute atomic E-state index is 4.11. The minimum absolute atomic E-state index is 0.833. The molecule has 0 aromatic rings. The van der Waals surface area contributed by atoms with Gasteiger partial charge in [-0.05, 0) is 25.2 Å². The first-order valence-corrected chi connectivity index (χ1v) is 5.37. The maximum Gasteiger partial charge on any atom is -0.0297 e. The lowest BCUT2D eigenvalue weighted by Crippen LogP contribution is -1.94. The van der Waals surface area contributed by atoms with Crippen molar-refractivity contribution in [3.8, 4) is 0 Å². The molecule has 12 heavy (non-hydrogen) atoms. The second-order valence-electron chi connectivity index (χ2n) is 3.92. The lowest BCUT2D eigenvalue weighted by atomic mass is 9.96. The zero-order valence-corrected chi connectivity index (χ0v) is 9.03. The Kier molecular flexibility index (Phi) is 7.23. The maximum atomic E-state index is 4.11. The van der Waals surface area contributed by atoms with Crippen molar-refractivity contribution in [1.82, 2.24) is 0 Å². The molecule has 0 heterocycles. The predicted octanol–water partition coefficient (Wildman–Crippen LogP) is 4.56. The SMILES string of the molecule is C=C(CCCCC)CC(C)CC. The van der Waals surface area contributed by atoms with Crippen LogP contribution in [-0.4, -0.2) is 0 Å². The fourth-order valence-corrected chi connectivity index (χ4v) is 1.36. The van der Waals surface area contributed by atoms with Crippen molar-refractivity contribution < 1.29 is 0 Å². The van der Waals surface area contributed by atoms with E-state index in [0.717, 1.165) is 5.92 Å². The van der Waals surface area contributed by atoms with E-state index in [9.17, 15) is 0 Å². The first-order chi connectivity index (χ1) is 5.70. The minimum atomic E-state index is 0.833. The summed E-state index contributed by atoms with van der Waals surface area (Å²) in [5.74, 6) is 0.833. The molecule has 0 radical (unpaired) electrons. The van der Waals surface area contributed by atoms with E-state index in [4.69, 9.17) is 0 Å². The molecule has 1 atom stereocenters. The van der Waals surface area contributed by atoms with E-state index >= 15 is 0 Å². The van der Waals surface area contributed by atoms with E-state index in [1.807, 2.05) is 0 Å². The van der Waals surface area contributed by atoms with Gasteiger partial charge in [0.05, 0.1) is 0 Å². The van der Waals surface area contributed by atoms with Crippen molar-refractivity contribution >= 4 is 0 Å². The number of hydrogen-bond donors (Lipinski definition) is 0. The van der Waals surface area contributed by atoms with Crippen molar-refractivity contribution in [2.45, 2.75) is 59.3 Å². The third kappa shape index (κ3) is 6.45. The Bertz CT molecular complexity index is 113. The van der Waals surface area contributed by atoms with E-state index in [1.54, 1.807) is 0 Å². The van der Waals surface area contributed by atoms with E-state index < -0.39 is 0 Å². The summed E-state index contributed by atoms with van der Waals surface area (Å²) in [6.07, 6.45) is 7.78. The molecule has 0 saturated heterocycles. The molecule has 0 aliphatic carbocycles. The van der Waals surface area contributed by atoms with Crippen LogP contribution in [0, 0.1) is 5.92 Å². The van der Waals surface area contributed by atoms with Crippen LogP contribution in [0.1, 0.15) is 59.3 Å².